The van der Waals surface area contributed by atoms with Crippen molar-refractivity contribution in [3.8, 4) is 0 Å². The van der Waals surface area contributed by atoms with E-state index in [4.69, 9.17) is 10.5 Å². The molecule has 2 aliphatic rings. The highest BCUT2D eigenvalue weighted by atomic mass is 32.2. The average molecular weight is 291 g/mol. The first-order valence-electron chi connectivity index (χ1n) is 7.84. The molecule has 1 aliphatic heterocycles. The van der Waals surface area contributed by atoms with E-state index in [1.54, 1.807) is 0 Å². The summed E-state index contributed by atoms with van der Waals surface area (Å²) in [5, 5.41) is 0.699. The summed E-state index contributed by atoms with van der Waals surface area (Å²) in [6.45, 7) is 3.03. The second kappa shape index (κ2) is 5.98. The number of hydrogen-bond donors (Lipinski definition) is 1. The van der Waals surface area contributed by atoms with E-state index in [1.807, 2.05) is 17.8 Å². The number of rotatable bonds is 2. The Morgan fingerprint density at radius 1 is 1.25 bits per heavy atom. The first kappa shape index (κ1) is 14.3. The van der Waals surface area contributed by atoms with Gasteiger partial charge in [0.2, 0.25) is 0 Å². The molecule has 1 unspecified atom stereocenters. The molecule has 0 radical (unpaired) electrons. The Bertz CT molecular complexity index is 463. The maximum atomic E-state index is 6.18. The van der Waals surface area contributed by atoms with Crippen molar-refractivity contribution in [2.75, 3.05) is 12.3 Å². The highest BCUT2D eigenvalue weighted by molar-refractivity contribution is 8.00. The summed E-state index contributed by atoms with van der Waals surface area (Å²) >= 11 is 2.02. The van der Waals surface area contributed by atoms with Gasteiger partial charge in [-0.15, -0.1) is 11.8 Å². The topological polar surface area (TPSA) is 35.2 Å². The second-order valence-electron chi connectivity index (χ2n) is 6.34. The van der Waals surface area contributed by atoms with E-state index in [0.29, 0.717) is 5.25 Å². The Morgan fingerprint density at radius 2 is 2.05 bits per heavy atom. The molecule has 1 spiro atoms. The molecule has 0 aromatic heterocycles. The molecule has 2 N–H and O–H groups in total. The Kier molecular flexibility index (Phi) is 4.27. The van der Waals surface area contributed by atoms with Gasteiger partial charge in [-0.05, 0) is 56.4 Å². The van der Waals surface area contributed by atoms with Crippen LogP contribution in [0.25, 0.3) is 0 Å². The molecule has 0 amide bonds. The van der Waals surface area contributed by atoms with E-state index < -0.39 is 0 Å². The lowest BCUT2D eigenvalue weighted by Crippen LogP contribution is -2.42. The molecule has 1 aromatic carbocycles. The van der Waals surface area contributed by atoms with E-state index in [2.05, 4.69) is 19.1 Å². The number of ether oxygens (including phenoxy) is 1. The van der Waals surface area contributed by atoms with Crippen LogP contribution < -0.4 is 5.73 Å². The van der Waals surface area contributed by atoms with Crippen LogP contribution in [0, 0.1) is 6.92 Å². The minimum atomic E-state index is 0.205. The Labute approximate surface area is 126 Å². The zero-order valence-corrected chi connectivity index (χ0v) is 13.2. The van der Waals surface area contributed by atoms with Gasteiger partial charge in [-0.1, -0.05) is 19.3 Å². The van der Waals surface area contributed by atoms with Crippen LogP contribution in [-0.4, -0.2) is 17.5 Å². The predicted molar refractivity (Wildman–Crippen MR) is 86.2 cm³/mol. The molecule has 1 aromatic rings. The van der Waals surface area contributed by atoms with Gasteiger partial charge in [0.1, 0.15) is 0 Å². The quantitative estimate of drug-likeness (QED) is 0.812. The smallest absolute Gasteiger partial charge is 0.0693 e. The molecule has 1 aliphatic carbocycles. The molecule has 3 rings (SSSR count). The number of nitrogen functional groups attached to an aromatic ring is 1. The highest BCUT2D eigenvalue weighted by Crippen LogP contribution is 2.43. The molecular formula is C17H25NOS. The van der Waals surface area contributed by atoms with Gasteiger partial charge in [0, 0.05) is 22.4 Å². The Balaban J connectivity index is 1.66. The third kappa shape index (κ3) is 3.15. The molecule has 1 heterocycles. The van der Waals surface area contributed by atoms with Crippen molar-refractivity contribution in [1.82, 2.24) is 0 Å². The van der Waals surface area contributed by atoms with Gasteiger partial charge in [0.15, 0.2) is 0 Å². The van der Waals surface area contributed by atoms with Crippen molar-refractivity contribution in [2.45, 2.75) is 67.6 Å². The van der Waals surface area contributed by atoms with Crippen molar-refractivity contribution in [1.29, 1.82) is 0 Å². The normalized spacial score (nSPS) is 25.8. The monoisotopic (exact) mass is 291 g/mol. The molecule has 3 heteroatoms. The van der Waals surface area contributed by atoms with E-state index in [9.17, 15) is 0 Å². The summed E-state index contributed by atoms with van der Waals surface area (Å²) in [4.78, 5) is 1.36. The van der Waals surface area contributed by atoms with Crippen molar-refractivity contribution >= 4 is 17.4 Å². The molecule has 20 heavy (non-hydrogen) atoms. The van der Waals surface area contributed by atoms with Crippen molar-refractivity contribution < 1.29 is 4.74 Å². The van der Waals surface area contributed by atoms with Gasteiger partial charge < -0.3 is 10.5 Å². The molecule has 1 atom stereocenters. The number of aryl methyl sites for hydroxylation is 1. The van der Waals surface area contributed by atoms with Crippen molar-refractivity contribution in [3.63, 3.8) is 0 Å². The number of anilines is 1. The average Bonchev–Trinajstić information content (AvgIpc) is 2.44. The number of nitrogens with two attached hydrogens (primary N) is 1. The first-order chi connectivity index (χ1) is 9.67. The first-order valence-corrected chi connectivity index (χ1v) is 8.72. The Morgan fingerprint density at radius 3 is 2.80 bits per heavy atom. The van der Waals surface area contributed by atoms with E-state index in [1.165, 1.54) is 55.4 Å². The molecule has 2 fully saturated rings. The van der Waals surface area contributed by atoms with Gasteiger partial charge in [-0.2, -0.15) is 0 Å². The van der Waals surface area contributed by atoms with E-state index >= 15 is 0 Å². The van der Waals surface area contributed by atoms with E-state index in [-0.39, 0.29) is 5.60 Å². The zero-order chi connectivity index (χ0) is 14.0. The predicted octanol–water partition coefficient (Wildman–Crippen LogP) is 4.55. The minimum absolute atomic E-state index is 0.205. The highest BCUT2D eigenvalue weighted by Gasteiger charge is 2.38. The SMILES string of the molecule is Cc1cc(SC2CCOC3(CCCCC3)C2)ccc1N. The van der Waals surface area contributed by atoms with Crippen LogP contribution in [0.15, 0.2) is 23.1 Å². The molecule has 110 valence electrons. The second-order valence-corrected chi connectivity index (χ2v) is 7.72. The van der Waals surface area contributed by atoms with E-state index in [0.717, 1.165) is 12.3 Å². The molecule has 2 nitrogen and oxygen atoms in total. The van der Waals surface area contributed by atoms with Crippen LogP contribution in [-0.2, 0) is 4.74 Å². The Hall–Kier alpha value is -0.670. The fourth-order valence-corrected chi connectivity index (χ4v) is 4.92. The number of thioether (sulfide) groups is 1. The third-order valence-corrected chi connectivity index (χ3v) is 6.02. The molecule has 1 saturated heterocycles. The minimum Gasteiger partial charge on any atom is -0.399 e. The van der Waals surface area contributed by atoms with Crippen LogP contribution >= 0.6 is 11.8 Å². The van der Waals surface area contributed by atoms with Gasteiger partial charge >= 0.3 is 0 Å². The van der Waals surface area contributed by atoms with Crippen LogP contribution in [0.1, 0.15) is 50.5 Å². The summed E-state index contributed by atoms with van der Waals surface area (Å²) in [6, 6.07) is 6.42. The van der Waals surface area contributed by atoms with Gasteiger partial charge in [0.25, 0.3) is 0 Å². The molecule has 0 bridgehead atoms. The standard InChI is InChI=1S/C17H25NOS/c1-13-11-14(5-6-16(13)18)20-15-7-10-19-17(12-15)8-3-2-4-9-17/h5-6,11,15H,2-4,7-10,12,18H2,1H3. The lowest BCUT2D eigenvalue weighted by Gasteiger charge is -2.43. The number of hydrogen-bond acceptors (Lipinski definition) is 3. The summed E-state index contributed by atoms with van der Waals surface area (Å²) in [5.74, 6) is 0. The lowest BCUT2D eigenvalue weighted by atomic mass is 9.80. The summed E-state index contributed by atoms with van der Waals surface area (Å²) in [6.07, 6.45) is 9.02. The fraction of sp³-hybridized carbons (Fsp3) is 0.647. The van der Waals surface area contributed by atoms with Crippen LogP contribution in [0.2, 0.25) is 0 Å². The maximum Gasteiger partial charge on any atom is 0.0693 e. The summed E-state index contributed by atoms with van der Waals surface area (Å²) in [7, 11) is 0. The van der Waals surface area contributed by atoms with Crippen LogP contribution in [0.4, 0.5) is 5.69 Å². The number of benzene rings is 1. The zero-order valence-electron chi connectivity index (χ0n) is 12.4. The fourth-order valence-electron chi connectivity index (χ4n) is 3.54. The molecular weight excluding hydrogens is 266 g/mol. The largest absolute Gasteiger partial charge is 0.399 e. The van der Waals surface area contributed by atoms with Gasteiger partial charge in [-0.25, -0.2) is 0 Å². The van der Waals surface area contributed by atoms with Gasteiger partial charge in [0.05, 0.1) is 5.60 Å². The van der Waals surface area contributed by atoms with Crippen LogP contribution in [0.3, 0.4) is 0 Å². The van der Waals surface area contributed by atoms with Crippen molar-refractivity contribution in [2.24, 2.45) is 0 Å². The van der Waals surface area contributed by atoms with Crippen LogP contribution in [0.5, 0.6) is 0 Å². The summed E-state index contributed by atoms with van der Waals surface area (Å²) in [5.41, 5.74) is 8.19. The molecule has 1 saturated carbocycles. The van der Waals surface area contributed by atoms with Gasteiger partial charge in [-0.3, -0.25) is 0 Å². The summed E-state index contributed by atoms with van der Waals surface area (Å²) < 4.78 is 6.18. The van der Waals surface area contributed by atoms with Crippen molar-refractivity contribution in [3.05, 3.63) is 23.8 Å². The lowest BCUT2D eigenvalue weighted by molar-refractivity contribution is -0.0970. The maximum absolute atomic E-state index is 6.18. The third-order valence-electron chi connectivity index (χ3n) is 4.76.